The first-order valence-corrected chi connectivity index (χ1v) is 6.05. The first-order valence-electron chi connectivity index (χ1n) is 4.65. The molecule has 0 saturated heterocycles. The van der Waals surface area contributed by atoms with Crippen LogP contribution in [0.5, 0.6) is 0 Å². The van der Waals surface area contributed by atoms with Gasteiger partial charge in [-0.3, -0.25) is 4.99 Å². The van der Waals surface area contributed by atoms with Gasteiger partial charge in [-0.25, -0.2) is 0 Å². The minimum absolute atomic E-state index is 0.745. The Labute approximate surface area is 81.0 Å². The molecule has 0 aliphatic carbocycles. The topological polar surface area (TPSA) is 12.4 Å². The van der Waals surface area contributed by atoms with Crippen LogP contribution >= 0.6 is 11.8 Å². The molecule has 0 aliphatic rings. The van der Waals surface area contributed by atoms with Gasteiger partial charge in [-0.2, -0.15) is 11.8 Å². The number of hydrogen-bond acceptors (Lipinski definition) is 2. The lowest BCUT2D eigenvalue weighted by Gasteiger charge is -2.03. The van der Waals surface area contributed by atoms with Crippen molar-refractivity contribution in [1.29, 1.82) is 0 Å². The van der Waals surface area contributed by atoms with Crippen LogP contribution in [0, 0.1) is 5.92 Å². The summed E-state index contributed by atoms with van der Waals surface area (Å²) in [5.41, 5.74) is 1.31. The van der Waals surface area contributed by atoms with Crippen LogP contribution in [0.1, 0.15) is 33.6 Å². The summed E-state index contributed by atoms with van der Waals surface area (Å²) in [5, 5.41) is 0. The average molecular weight is 187 g/mol. The van der Waals surface area contributed by atoms with Crippen molar-refractivity contribution in [2.75, 3.05) is 18.6 Å². The van der Waals surface area contributed by atoms with Crippen LogP contribution in [0.15, 0.2) is 4.99 Å². The van der Waals surface area contributed by atoms with Crippen LogP contribution in [0.25, 0.3) is 0 Å². The molecule has 0 unspecified atom stereocenters. The van der Waals surface area contributed by atoms with E-state index in [0.717, 1.165) is 18.9 Å². The molecule has 72 valence electrons. The molecule has 1 nitrogen and oxygen atoms in total. The Kier molecular flexibility index (Phi) is 7.67. The van der Waals surface area contributed by atoms with E-state index >= 15 is 0 Å². The van der Waals surface area contributed by atoms with Crippen molar-refractivity contribution in [2.45, 2.75) is 33.6 Å². The molecule has 0 heterocycles. The van der Waals surface area contributed by atoms with Crippen molar-refractivity contribution in [3.63, 3.8) is 0 Å². The van der Waals surface area contributed by atoms with Gasteiger partial charge in [0.2, 0.25) is 0 Å². The fourth-order valence-electron chi connectivity index (χ4n) is 1.13. The monoisotopic (exact) mass is 187 g/mol. The summed E-state index contributed by atoms with van der Waals surface area (Å²) in [5.74, 6) is 1.98. The first-order chi connectivity index (χ1) is 5.66. The van der Waals surface area contributed by atoms with E-state index in [1.807, 2.05) is 11.8 Å². The zero-order chi connectivity index (χ0) is 9.40. The number of thioether (sulfide) groups is 1. The highest BCUT2D eigenvalue weighted by atomic mass is 32.2. The summed E-state index contributed by atoms with van der Waals surface area (Å²) in [6.45, 7) is 7.63. The maximum Gasteiger partial charge on any atom is 0.0396 e. The molecule has 0 rings (SSSR count). The third kappa shape index (κ3) is 8.12. The highest BCUT2D eigenvalue weighted by molar-refractivity contribution is 7.98. The van der Waals surface area contributed by atoms with Crippen molar-refractivity contribution in [3.8, 4) is 0 Å². The number of rotatable bonds is 6. The Balaban J connectivity index is 3.41. The van der Waals surface area contributed by atoms with Gasteiger partial charge in [-0.1, -0.05) is 13.8 Å². The molecule has 0 radical (unpaired) electrons. The molecule has 0 N–H and O–H groups in total. The molecule has 2 heteroatoms. The van der Waals surface area contributed by atoms with Gasteiger partial charge in [0.1, 0.15) is 0 Å². The summed E-state index contributed by atoms with van der Waals surface area (Å²) in [4.78, 5) is 4.51. The van der Waals surface area contributed by atoms with Crippen molar-refractivity contribution in [2.24, 2.45) is 10.9 Å². The summed E-state index contributed by atoms with van der Waals surface area (Å²) in [6, 6.07) is 0. The van der Waals surface area contributed by atoms with Gasteiger partial charge < -0.3 is 0 Å². The lowest BCUT2D eigenvalue weighted by molar-refractivity contribution is 0.680. The average Bonchev–Trinajstić information content (AvgIpc) is 1.97. The zero-order valence-corrected chi connectivity index (χ0v) is 9.58. The van der Waals surface area contributed by atoms with E-state index in [1.54, 1.807) is 0 Å². The number of aliphatic imine (C=N–C) groups is 1. The van der Waals surface area contributed by atoms with E-state index in [-0.39, 0.29) is 0 Å². The lowest BCUT2D eigenvalue weighted by atomic mass is 10.1. The molecule has 0 spiro atoms. The van der Waals surface area contributed by atoms with E-state index in [2.05, 4.69) is 32.0 Å². The summed E-state index contributed by atoms with van der Waals surface area (Å²) in [6.07, 6.45) is 4.51. The normalized spacial score (nSPS) is 12.6. The van der Waals surface area contributed by atoms with Crippen LogP contribution in [0.2, 0.25) is 0 Å². The summed E-state index contributed by atoms with van der Waals surface area (Å²) >= 11 is 1.90. The van der Waals surface area contributed by atoms with Gasteiger partial charge >= 0.3 is 0 Å². The smallest absolute Gasteiger partial charge is 0.0396 e. The summed E-state index contributed by atoms with van der Waals surface area (Å²) in [7, 11) is 0. The minimum Gasteiger partial charge on any atom is -0.294 e. The third-order valence-electron chi connectivity index (χ3n) is 1.59. The molecule has 0 aliphatic heterocycles. The SMILES string of the molecule is CSCCCN=C(C)CC(C)C. The van der Waals surface area contributed by atoms with Crippen LogP contribution in [-0.2, 0) is 0 Å². The van der Waals surface area contributed by atoms with Crippen LogP contribution in [0.4, 0.5) is 0 Å². The van der Waals surface area contributed by atoms with Gasteiger partial charge in [0.15, 0.2) is 0 Å². The van der Waals surface area contributed by atoms with Gasteiger partial charge in [0, 0.05) is 12.3 Å². The van der Waals surface area contributed by atoms with Crippen molar-refractivity contribution >= 4 is 17.5 Å². The standard InChI is InChI=1S/C10H21NS/c1-9(2)8-10(3)11-6-5-7-12-4/h9H,5-8H2,1-4H3. The van der Waals surface area contributed by atoms with Crippen molar-refractivity contribution in [3.05, 3.63) is 0 Å². The second-order valence-corrected chi connectivity index (χ2v) is 4.55. The fourth-order valence-corrected chi connectivity index (χ4v) is 1.55. The largest absolute Gasteiger partial charge is 0.294 e. The van der Waals surface area contributed by atoms with Crippen LogP contribution in [0.3, 0.4) is 0 Å². The van der Waals surface area contributed by atoms with Crippen LogP contribution < -0.4 is 0 Å². The second kappa shape index (κ2) is 7.66. The molecule has 0 bridgehead atoms. The Morgan fingerprint density at radius 1 is 1.42 bits per heavy atom. The van der Waals surface area contributed by atoms with Crippen molar-refractivity contribution < 1.29 is 0 Å². The minimum atomic E-state index is 0.745. The third-order valence-corrected chi connectivity index (χ3v) is 2.29. The second-order valence-electron chi connectivity index (χ2n) is 3.56. The maximum atomic E-state index is 4.51. The van der Waals surface area contributed by atoms with Gasteiger partial charge in [-0.15, -0.1) is 0 Å². The molecule has 12 heavy (non-hydrogen) atoms. The molecule has 0 atom stereocenters. The molecule has 0 aromatic heterocycles. The molecule has 0 aromatic rings. The Bertz CT molecular complexity index is 130. The Morgan fingerprint density at radius 3 is 2.58 bits per heavy atom. The highest BCUT2D eigenvalue weighted by Crippen LogP contribution is 2.02. The Hall–Kier alpha value is 0.0200. The van der Waals surface area contributed by atoms with E-state index in [4.69, 9.17) is 0 Å². The van der Waals surface area contributed by atoms with Gasteiger partial charge in [0.05, 0.1) is 0 Å². The predicted octanol–water partition coefficient (Wildman–Crippen LogP) is 3.25. The number of hydrogen-bond donors (Lipinski definition) is 0. The predicted molar refractivity (Wildman–Crippen MR) is 60.4 cm³/mol. The van der Waals surface area contributed by atoms with Gasteiger partial charge in [0.25, 0.3) is 0 Å². The Morgan fingerprint density at radius 2 is 2.08 bits per heavy atom. The number of nitrogens with zero attached hydrogens (tertiary/aromatic N) is 1. The van der Waals surface area contributed by atoms with Gasteiger partial charge in [-0.05, 0) is 37.7 Å². The molecule has 0 fully saturated rings. The first kappa shape index (κ1) is 12.0. The quantitative estimate of drug-likeness (QED) is 0.459. The molecule has 0 amide bonds. The van der Waals surface area contributed by atoms with E-state index in [0.29, 0.717) is 0 Å². The molecule has 0 saturated carbocycles. The van der Waals surface area contributed by atoms with Crippen molar-refractivity contribution in [1.82, 2.24) is 0 Å². The summed E-state index contributed by atoms with van der Waals surface area (Å²) < 4.78 is 0. The van der Waals surface area contributed by atoms with E-state index in [9.17, 15) is 0 Å². The van der Waals surface area contributed by atoms with E-state index < -0.39 is 0 Å². The fraction of sp³-hybridized carbons (Fsp3) is 0.900. The molecular weight excluding hydrogens is 166 g/mol. The maximum absolute atomic E-state index is 4.51. The molecule has 0 aromatic carbocycles. The van der Waals surface area contributed by atoms with E-state index in [1.165, 1.54) is 17.9 Å². The molecular formula is C10H21NS. The zero-order valence-electron chi connectivity index (χ0n) is 8.76. The highest BCUT2D eigenvalue weighted by Gasteiger charge is 1.95. The van der Waals surface area contributed by atoms with Crippen LogP contribution in [-0.4, -0.2) is 24.3 Å². The lowest BCUT2D eigenvalue weighted by Crippen LogP contribution is -1.99.